The molecule has 110 valence electrons. The topological polar surface area (TPSA) is 46.2 Å². The predicted octanol–water partition coefficient (Wildman–Crippen LogP) is 3.50. The molecule has 0 aromatic heterocycles. The maximum atomic E-state index is 11.7. The molecule has 1 N–H and O–H groups in total. The third-order valence-corrected chi connectivity index (χ3v) is 5.21. The van der Waals surface area contributed by atoms with Gasteiger partial charge in [0.15, 0.2) is 9.84 Å². The molecular formula is C17H19NO2S. The van der Waals surface area contributed by atoms with Gasteiger partial charge in [-0.3, -0.25) is 0 Å². The molecule has 4 heteroatoms. The number of sulfone groups is 1. The smallest absolute Gasteiger partial charge is 0.175 e. The SMILES string of the molecule is Cc1ccc(S(C)(=O)=O)cc1NC1CCc2ccccc21. The summed E-state index contributed by atoms with van der Waals surface area (Å²) in [5.41, 5.74) is 4.67. The molecule has 0 bridgehead atoms. The molecule has 1 unspecified atom stereocenters. The quantitative estimate of drug-likeness (QED) is 0.944. The number of fused-ring (bicyclic) bond motifs is 1. The molecule has 2 aromatic carbocycles. The third kappa shape index (κ3) is 2.81. The predicted molar refractivity (Wildman–Crippen MR) is 85.4 cm³/mol. The van der Waals surface area contributed by atoms with Crippen molar-refractivity contribution in [3.05, 3.63) is 59.2 Å². The molecule has 0 spiro atoms. The van der Waals surface area contributed by atoms with Crippen molar-refractivity contribution in [1.29, 1.82) is 0 Å². The number of rotatable bonds is 3. The van der Waals surface area contributed by atoms with E-state index in [-0.39, 0.29) is 6.04 Å². The van der Waals surface area contributed by atoms with Crippen molar-refractivity contribution < 1.29 is 8.42 Å². The van der Waals surface area contributed by atoms with Crippen LogP contribution >= 0.6 is 0 Å². The fourth-order valence-electron chi connectivity index (χ4n) is 2.88. The molecule has 0 heterocycles. The lowest BCUT2D eigenvalue weighted by Crippen LogP contribution is -2.09. The van der Waals surface area contributed by atoms with E-state index in [1.54, 1.807) is 12.1 Å². The highest BCUT2D eigenvalue weighted by Crippen LogP contribution is 2.34. The van der Waals surface area contributed by atoms with E-state index in [0.29, 0.717) is 4.90 Å². The van der Waals surface area contributed by atoms with Crippen molar-refractivity contribution in [3.63, 3.8) is 0 Å². The summed E-state index contributed by atoms with van der Waals surface area (Å²) in [5.74, 6) is 0. The van der Waals surface area contributed by atoms with Crippen molar-refractivity contribution in [2.45, 2.75) is 30.7 Å². The van der Waals surface area contributed by atoms with Crippen molar-refractivity contribution >= 4 is 15.5 Å². The fourth-order valence-corrected chi connectivity index (χ4v) is 3.53. The van der Waals surface area contributed by atoms with Gasteiger partial charge in [-0.05, 0) is 48.6 Å². The number of benzene rings is 2. The minimum absolute atomic E-state index is 0.259. The summed E-state index contributed by atoms with van der Waals surface area (Å²) in [4.78, 5) is 0.363. The molecule has 0 saturated heterocycles. The highest BCUT2D eigenvalue weighted by molar-refractivity contribution is 7.90. The van der Waals surface area contributed by atoms with E-state index in [0.717, 1.165) is 24.1 Å². The Morgan fingerprint density at radius 2 is 1.90 bits per heavy atom. The summed E-state index contributed by atoms with van der Waals surface area (Å²) in [5, 5.41) is 3.51. The summed E-state index contributed by atoms with van der Waals surface area (Å²) in [7, 11) is -3.18. The summed E-state index contributed by atoms with van der Waals surface area (Å²) in [6, 6.07) is 14.0. The van der Waals surface area contributed by atoms with E-state index < -0.39 is 9.84 Å². The van der Waals surface area contributed by atoms with Crippen LogP contribution in [-0.4, -0.2) is 14.7 Å². The first-order chi connectivity index (χ1) is 9.95. The zero-order valence-corrected chi connectivity index (χ0v) is 13.1. The van der Waals surface area contributed by atoms with Gasteiger partial charge in [0, 0.05) is 11.9 Å². The second-order valence-corrected chi connectivity index (χ2v) is 7.70. The largest absolute Gasteiger partial charge is 0.378 e. The van der Waals surface area contributed by atoms with E-state index >= 15 is 0 Å². The molecule has 0 radical (unpaired) electrons. The minimum atomic E-state index is -3.18. The van der Waals surface area contributed by atoms with Gasteiger partial charge >= 0.3 is 0 Å². The van der Waals surface area contributed by atoms with Crippen molar-refractivity contribution in [3.8, 4) is 0 Å². The van der Waals surface area contributed by atoms with Crippen molar-refractivity contribution in [2.75, 3.05) is 11.6 Å². The number of nitrogens with one attached hydrogen (secondary N) is 1. The molecule has 1 aliphatic rings. The van der Waals surface area contributed by atoms with Crippen LogP contribution in [0, 0.1) is 6.92 Å². The van der Waals surface area contributed by atoms with Crippen LogP contribution in [-0.2, 0) is 16.3 Å². The lowest BCUT2D eigenvalue weighted by molar-refractivity contribution is 0.602. The Bertz CT molecular complexity index is 781. The van der Waals surface area contributed by atoms with Crippen LogP contribution in [0.25, 0.3) is 0 Å². The monoisotopic (exact) mass is 301 g/mol. The molecule has 21 heavy (non-hydrogen) atoms. The molecule has 0 fully saturated rings. The van der Waals surface area contributed by atoms with Gasteiger partial charge in [-0.25, -0.2) is 8.42 Å². The molecule has 3 nitrogen and oxygen atoms in total. The van der Waals surface area contributed by atoms with Gasteiger partial charge in [-0.15, -0.1) is 0 Å². The van der Waals surface area contributed by atoms with Crippen LogP contribution in [0.3, 0.4) is 0 Å². The van der Waals surface area contributed by atoms with Gasteiger partial charge in [-0.1, -0.05) is 30.3 Å². The van der Waals surface area contributed by atoms with Gasteiger partial charge in [0.1, 0.15) is 0 Å². The Kier molecular flexibility index (Phi) is 3.49. The van der Waals surface area contributed by atoms with E-state index in [1.807, 2.05) is 13.0 Å². The Morgan fingerprint density at radius 3 is 2.67 bits per heavy atom. The highest BCUT2D eigenvalue weighted by atomic mass is 32.2. The van der Waals surface area contributed by atoms with Crippen molar-refractivity contribution in [1.82, 2.24) is 0 Å². The highest BCUT2D eigenvalue weighted by Gasteiger charge is 2.22. The van der Waals surface area contributed by atoms with E-state index in [4.69, 9.17) is 0 Å². The first-order valence-electron chi connectivity index (χ1n) is 7.10. The second-order valence-electron chi connectivity index (χ2n) is 5.68. The standard InChI is InChI=1S/C17H19NO2S/c1-12-7-9-14(21(2,19)20)11-17(12)18-16-10-8-13-5-3-4-6-15(13)16/h3-7,9,11,16,18H,8,10H2,1-2H3. The van der Waals surface area contributed by atoms with Crippen LogP contribution < -0.4 is 5.32 Å². The Balaban J connectivity index is 1.93. The lowest BCUT2D eigenvalue weighted by atomic mass is 10.1. The van der Waals surface area contributed by atoms with Gasteiger partial charge in [-0.2, -0.15) is 0 Å². The van der Waals surface area contributed by atoms with Gasteiger partial charge in [0.05, 0.1) is 10.9 Å². The number of aryl methyl sites for hydroxylation is 2. The maximum Gasteiger partial charge on any atom is 0.175 e. The van der Waals surface area contributed by atoms with Gasteiger partial charge in [0.25, 0.3) is 0 Å². The van der Waals surface area contributed by atoms with Crippen LogP contribution in [0.15, 0.2) is 47.4 Å². The molecule has 1 aliphatic carbocycles. The average Bonchev–Trinajstić information content (AvgIpc) is 2.83. The summed E-state index contributed by atoms with van der Waals surface area (Å²) < 4.78 is 23.4. The minimum Gasteiger partial charge on any atom is -0.378 e. The fraction of sp³-hybridized carbons (Fsp3) is 0.294. The Morgan fingerprint density at radius 1 is 1.14 bits per heavy atom. The normalized spacial score (nSPS) is 17.5. The zero-order chi connectivity index (χ0) is 15.0. The van der Waals surface area contributed by atoms with Crippen molar-refractivity contribution in [2.24, 2.45) is 0 Å². The van der Waals surface area contributed by atoms with Crippen LogP contribution in [0.5, 0.6) is 0 Å². The molecule has 2 aromatic rings. The van der Waals surface area contributed by atoms with Crippen LogP contribution in [0.2, 0.25) is 0 Å². The summed E-state index contributed by atoms with van der Waals surface area (Å²) in [6.07, 6.45) is 3.35. The molecule has 0 amide bonds. The summed E-state index contributed by atoms with van der Waals surface area (Å²) in [6.45, 7) is 2.00. The van der Waals surface area contributed by atoms with Gasteiger partial charge < -0.3 is 5.32 Å². The first-order valence-corrected chi connectivity index (χ1v) is 8.99. The van der Waals surface area contributed by atoms with Crippen LogP contribution in [0.1, 0.15) is 29.2 Å². The third-order valence-electron chi connectivity index (χ3n) is 4.10. The molecule has 3 rings (SSSR count). The summed E-state index contributed by atoms with van der Waals surface area (Å²) >= 11 is 0. The number of hydrogen-bond acceptors (Lipinski definition) is 3. The van der Waals surface area contributed by atoms with E-state index in [2.05, 4.69) is 29.6 Å². The lowest BCUT2D eigenvalue weighted by Gasteiger charge is -2.18. The molecular weight excluding hydrogens is 282 g/mol. The van der Waals surface area contributed by atoms with Crippen LogP contribution in [0.4, 0.5) is 5.69 Å². The van der Waals surface area contributed by atoms with E-state index in [9.17, 15) is 8.42 Å². The Labute approximate surface area is 125 Å². The second kappa shape index (κ2) is 5.19. The zero-order valence-electron chi connectivity index (χ0n) is 12.3. The molecule has 0 saturated carbocycles. The maximum absolute atomic E-state index is 11.7. The molecule has 1 atom stereocenters. The average molecular weight is 301 g/mol. The molecule has 0 aliphatic heterocycles. The number of anilines is 1. The van der Waals surface area contributed by atoms with Gasteiger partial charge in [0.2, 0.25) is 0 Å². The Hall–Kier alpha value is -1.81. The first kappa shape index (κ1) is 14.1. The van der Waals surface area contributed by atoms with E-state index in [1.165, 1.54) is 17.4 Å². The number of hydrogen-bond donors (Lipinski definition) is 1.